The van der Waals surface area contributed by atoms with Crippen LogP contribution < -0.4 is 10.2 Å². The lowest BCUT2D eigenvalue weighted by Gasteiger charge is -2.15. The first-order chi connectivity index (χ1) is 14.6. The number of likely N-dealkylation sites (tertiary alicyclic amines) is 1. The third-order valence-corrected chi connectivity index (χ3v) is 5.35. The van der Waals surface area contributed by atoms with Crippen molar-refractivity contribution in [3.8, 4) is 5.75 Å². The zero-order chi connectivity index (χ0) is 20.9. The molecule has 0 saturated carbocycles. The van der Waals surface area contributed by atoms with E-state index in [-0.39, 0.29) is 12.5 Å². The van der Waals surface area contributed by atoms with E-state index < -0.39 is 0 Å². The number of hydrogen-bond acceptors (Lipinski definition) is 5. The smallest absolute Gasteiger partial charge is 0.260 e. The summed E-state index contributed by atoms with van der Waals surface area (Å²) in [5.74, 6) is 1.45. The van der Waals surface area contributed by atoms with Crippen LogP contribution in [0.15, 0.2) is 59.7 Å². The van der Waals surface area contributed by atoms with E-state index in [4.69, 9.17) is 4.74 Å². The molecule has 2 aromatic carbocycles. The van der Waals surface area contributed by atoms with Crippen molar-refractivity contribution in [1.82, 2.24) is 9.88 Å². The van der Waals surface area contributed by atoms with Gasteiger partial charge in [-0.05, 0) is 74.2 Å². The monoisotopic (exact) mass is 402 g/mol. The van der Waals surface area contributed by atoms with Crippen LogP contribution in [0.4, 0.5) is 5.82 Å². The summed E-state index contributed by atoms with van der Waals surface area (Å²) in [6.07, 6.45) is 2.17. The number of benzene rings is 2. The summed E-state index contributed by atoms with van der Waals surface area (Å²) < 4.78 is 5.64. The quantitative estimate of drug-likeness (QED) is 0.491. The first-order valence-electron chi connectivity index (χ1n) is 10.3. The van der Waals surface area contributed by atoms with Crippen LogP contribution in [0.1, 0.15) is 30.9 Å². The fraction of sp³-hybridized carbons (Fsp3) is 0.292. The van der Waals surface area contributed by atoms with E-state index in [1.807, 2.05) is 60.4 Å². The second kappa shape index (κ2) is 8.95. The number of aromatic nitrogens is 1. The molecule has 0 unspecified atom stereocenters. The number of rotatable bonds is 6. The normalized spacial score (nSPS) is 14.2. The molecule has 0 spiro atoms. The lowest BCUT2D eigenvalue weighted by Crippen LogP contribution is -2.32. The highest BCUT2D eigenvalue weighted by molar-refractivity contribution is 5.99. The summed E-state index contributed by atoms with van der Waals surface area (Å²) in [6, 6.07) is 17.7. The van der Waals surface area contributed by atoms with E-state index in [0.29, 0.717) is 11.6 Å². The van der Waals surface area contributed by atoms with Gasteiger partial charge in [-0.2, -0.15) is 5.10 Å². The Bertz CT molecular complexity index is 1070. The van der Waals surface area contributed by atoms with Crippen molar-refractivity contribution in [1.29, 1.82) is 0 Å². The van der Waals surface area contributed by atoms with Crippen LogP contribution in [0.5, 0.6) is 5.75 Å². The van der Waals surface area contributed by atoms with Crippen molar-refractivity contribution in [3.63, 3.8) is 0 Å². The maximum atomic E-state index is 12.1. The van der Waals surface area contributed by atoms with E-state index in [9.17, 15) is 4.79 Å². The van der Waals surface area contributed by atoms with Gasteiger partial charge < -0.3 is 9.64 Å². The number of pyridine rings is 1. The Kier molecular flexibility index (Phi) is 5.93. The number of hydrazone groups is 1. The summed E-state index contributed by atoms with van der Waals surface area (Å²) in [6.45, 7) is 5.78. The highest BCUT2D eigenvalue weighted by Crippen LogP contribution is 2.20. The van der Waals surface area contributed by atoms with Gasteiger partial charge in [0, 0.05) is 18.5 Å². The van der Waals surface area contributed by atoms with Crippen molar-refractivity contribution in [2.75, 3.05) is 25.1 Å². The Morgan fingerprint density at radius 1 is 1.13 bits per heavy atom. The molecule has 1 aromatic heterocycles. The molecule has 0 bridgehead atoms. The summed E-state index contributed by atoms with van der Waals surface area (Å²) in [7, 11) is 0. The van der Waals surface area contributed by atoms with Gasteiger partial charge in [0.1, 0.15) is 11.6 Å². The van der Waals surface area contributed by atoms with Crippen molar-refractivity contribution < 1.29 is 9.53 Å². The van der Waals surface area contributed by atoms with Gasteiger partial charge >= 0.3 is 0 Å². The molecule has 1 saturated heterocycles. The van der Waals surface area contributed by atoms with Crippen LogP contribution in [0.3, 0.4) is 0 Å². The van der Waals surface area contributed by atoms with Crippen molar-refractivity contribution in [3.05, 3.63) is 65.7 Å². The molecule has 2 heterocycles. The van der Waals surface area contributed by atoms with Gasteiger partial charge in [-0.1, -0.05) is 18.2 Å². The molecule has 0 radical (unpaired) electrons. The topological polar surface area (TPSA) is 66.8 Å². The van der Waals surface area contributed by atoms with Crippen molar-refractivity contribution in [2.24, 2.45) is 5.10 Å². The van der Waals surface area contributed by atoms with Crippen LogP contribution in [0.2, 0.25) is 0 Å². The zero-order valence-electron chi connectivity index (χ0n) is 17.4. The number of nitrogens with one attached hydrogen (secondary N) is 1. The minimum Gasteiger partial charge on any atom is -0.484 e. The zero-order valence-corrected chi connectivity index (χ0v) is 17.4. The van der Waals surface area contributed by atoms with Crippen LogP contribution in [-0.4, -0.2) is 41.2 Å². The molecular weight excluding hydrogens is 376 g/mol. The standard InChI is InChI=1S/C24H26N4O2/c1-17-15-23(25-22-8-4-3-7-21(17)22)27-26-18(2)19-9-11-20(12-10-19)30-16-24(29)28-13-5-6-14-28/h3-4,7-12,15H,5-6,13-14,16H2,1-2H3,(H,25,27)/b26-18+. The predicted molar refractivity (Wildman–Crippen MR) is 120 cm³/mol. The molecule has 6 nitrogen and oxygen atoms in total. The van der Waals surface area contributed by atoms with Crippen LogP contribution >= 0.6 is 0 Å². The molecule has 1 aliphatic heterocycles. The van der Waals surface area contributed by atoms with Crippen molar-refractivity contribution in [2.45, 2.75) is 26.7 Å². The number of fused-ring (bicyclic) bond motifs is 1. The molecule has 154 valence electrons. The third kappa shape index (κ3) is 4.59. The molecular formula is C24H26N4O2. The van der Waals surface area contributed by atoms with Crippen LogP contribution in [0, 0.1) is 6.92 Å². The van der Waals surface area contributed by atoms with Gasteiger partial charge in [-0.15, -0.1) is 0 Å². The molecule has 0 aliphatic carbocycles. The average molecular weight is 402 g/mol. The molecule has 1 aliphatic rings. The first kappa shape index (κ1) is 19.9. The number of anilines is 1. The summed E-state index contributed by atoms with van der Waals surface area (Å²) in [5.41, 5.74) is 6.96. The largest absolute Gasteiger partial charge is 0.484 e. The number of carbonyl (C=O) groups is 1. The number of amides is 1. The minimum absolute atomic E-state index is 0.0525. The number of para-hydroxylation sites is 1. The fourth-order valence-corrected chi connectivity index (χ4v) is 3.61. The van der Waals surface area contributed by atoms with Crippen LogP contribution in [0.25, 0.3) is 10.9 Å². The van der Waals surface area contributed by atoms with Gasteiger partial charge in [-0.25, -0.2) is 4.98 Å². The van der Waals surface area contributed by atoms with Gasteiger partial charge in [0.25, 0.3) is 5.91 Å². The van der Waals surface area contributed by atoms with E-state index in [2.05, 4.69) is 28.5 Å². The SMILES string of the molecule is C/C(=N\Nc1cc(C)c2ccccc2n1)c1ccc(OCC(=O)N2CCCC2)cc1. The Morgan fingerprint density at radius 3 is 2.63 bits per heavy atom. The summed E-state index contributed by atoms with van der Waals surface area (Å²) in [4.78, 5) is 18.6. The lowest BCUT2D eigenvalue weighted by molar-refractivity contribution is -0.132. The van der Waals surface area contributed by atoms with Gasteiger partial charge in [-0.3, -0.25) is 10.2 Å². The van der Waals surface area contributed by atoms with Crippen molar-refractivity contribution >= 4 is 28.3 Å². The molecule has 6 heteroatoms. The Labute approximate surface area is 176 Å². The van der Waals surface area contributed by atoms with Crippen LogP contribution in [-0.2, 0) is 4.79 Å². The third-order valence-electron chi connectivity index (χ3n) is 5.35. The minimum atomic E-state index is 0.0525. The van der Waals surface area contributed by atoms with Gasteiger partial charge in [0.05, 0.1) is 11.2 Å². The van der Waals surface area contributed by atoms with E-state index in [1.54, 1.807) is 0 Å². The Balaban J connectivity index is 1.37. The maximum absolute atomic E-state index is 12.1. The fourth-order valence-electron chi connectivity index (χ4n) is 3.61. The second-order valence-corrected chi connectivity index (χ2v) is 7.55. The molecule has 3 aromatic rings. The Morgan fingerprint density at radius 2 is 1.87 bits per heavy atom. The van der Waals surface area contributed by atoms with E-state index >= 15 is 0 Å². The second-order valence-electron chi connectivity index (χ2n) is 7.55. The highest BCUT2D eigenvalue weighted by Gasteiger charge is 2.18. The maximum Gasteiger partial charge on any atom is 0.260 e. The van der Waals surface area contributed by atoms with Gasteiger partial charge in [0.15, 0.2) is 6.61 Å². The lowest BCUT2D eigenvalue weighted by atomic mass is 10.1. The number of nitrogens with zero attached hydrogens (tertiary/aromatic N) is 3. The van der Waals surface area contributed by atoms with E-state index in [1.165, 1.54) is 0 Å². The number of ether oxygens (including phenoxy) is 1. The summed E-state index contributed by atoms with van der Waals surface area (Å²) in [5, 5.41) is 5.61. The average Bonchev–Trinajstić information content (AvgIpc) is 3.31. The molecule has 0 atom stereocenters. The summed E-state index contributed by atoms with van der Waals surface area (Å²) >= 11 is 0. The number of carbonyl (C=O) groups excluding carboxylic acids is 1. The molecule has 1 N–H and O–H groups in total. The molecule has 1 fully saturated rings. The van der Waals surface area contributed by atoms with Gasteiger partial charge in [0.2, 0.25) is 0 Å². The highest BCUT2D eigenvalue weighted by atomic mass is 16.5. The first-order valence-corrected chi connectivity index (χ1v) is 10.3. The number of aryl methyl sites for hydroxylation is 1. The molecule has 1 amide bonds. The molecule has 4 rings (SSSR count). The number of hydrogen-bond donors (Lipinski definition) is 1. The van der Waals surface area contributed by atoms with E-state index in [0.717, 1.165) is 53.7 Å². The predicted octanol–water partition coefficient (Wildman–Crippen LogP) is 4.38. The molecule has 30 heavy (non-hydrogen) atoms. The Hall–Kier alpha value is -3.41.